The Labute approximate surface area is 151 Å². The summed E-state index contributed by atoms with van der Waals surface area (Å²) in [6, 6.07) is 8.65. The van der Waals surface area contributed by atoms with Gasteiger partial charge >= 0.3 is 0 Å². The smallest absolute Gasteiger partial charge is 0.131 e. The van der Waals surface area contributed by atoms with Crippen LogP contribution < -0.4 is 10.1 Å². The second-order valence-electron chi connectivity index (χ2n) is 6.09. The van der Waals surface area contributed by atoms with Gasteiger partial charge in [-0.1, -0.05) is 17.7 Å². The molecule has 1 fully saturated rings. The summed E-state index contributed by atoms with van der Waals surface area (Å²) in [6.07, 6.45) is 0.947. The minimum absolute atomic E-state index is 0.394. The molecule has 0 aliphatic carbocycles. The highest BCUT2D eigenvalue weighted by atomic mass is 35.5. The van der Waals surface area contributed by atoms with Crippen LogP contribution in [0.15, 0.2) is 36.4 Å². The number of halogens is 3. The van der Waals surface area contributed by atoms with Crippen LogP contribution in [0.1, 0.15) is 23.6 Å². The van der Waals surface area contributed by atoms with Gasteiger partial charge in [-0.25, -0.2) is 8.78 Å². The first-order chi connectivity index (χ1) is 12.1. The van der Waals surface area contributed by atoms with Crippen LogP contribution in [-0.2, 0) is 0 Å². The Kier molecular flexibility index (Phi) is 5.89. The minimum Gasteiger partial charge on any atom is -0.496 e. The third-order valence-corrected chi connectivity index (χ3v) is 4.72. The fraction of sp³-hybridized carbons (Fsp3) is 0.368. The topological polar surface area (TPSA) is 24.5 Å². The lowest BCUT2D eigenvalue weighted by molar-refractivity contribution is 0.232. The number of hydrogen-bond donors (Lipinski definition) is 1. The van der Waals surface area contributed by atoms with Gasteiger partial charge in [0, 0.05) is 41.9 Å². The number of hydrogen-bond acceptors (Lipinski definition) is 3. The van der Waals surface area contributed by atoms with E-state index in [0.717, 1.165) is 44.2 Å². The van der Waals surface area contributed by atoms with Gasteiger partial charge in [0.05, 0.1) is 13.2 Å². The molecule has 1 atom stereocenters. The molecule has 1 aliphatic heterocycles. The van der Waals surface area contributed by atoms with E-state index in [1.54, 1.807) is 25.3 Å². The molecule has 0 saturated carbocycles. The quantitative estimate of drug-likeness (QED) is 0.884. The van der Waals surface area contributed by atoms with Crippen molar-refractivity contribution >= 4 is 11.6 Å². The van der Waals surface area contributed by atoms with Gasteiger partial charge in [0.2, 0.25) is 0 Å². The van der Waals surface area contributed by atoms with Gasteiger partial charge in [-0.3, -0.25) is 4.90 Å². The van der Waals surface area contributed by atoms with Gasteiger partial charge in [0.25, 0.3) is 0 Å². The van der Waals surface area contributed by atoms with Crippen molar-refractivity contribution in [2.24, 2.45) is 0 Å². The number of nitrogens with one attached hydrogen (secondary N) is 1. The molecule has 0 radical (unpaired) electrons. The van der Waals surface area contributed by atoms with Gasteiger partial charge in [0.15, 0.2) is 0 Å². The number of nitrogens with zero attached hydrogens (tertiary/aromatic N) is 1. The van der Waals surface area contributed by atoms with Crippen molar-refractivity contribution in [1.82, 2.24) is 10.2 Å². The van der Waals surface area contributed by atoms with Crippen molar-refractivity contribution in [3.63, 3.8) is 0 Å². The molecule has 0 aromatic heterocycles. The van der Waals surface area contributed by atoms with E-state index in [1.807, 2.05) is 0 Å². The zero-order chi connectivity index (χ0) is 17.8. The molecule has 0 spiro atoms. The number of benzene rings is 2. The summed E-state index contributed by atoms with van der Waals surface area (Å²) in [5.74, 6) is -0.518. The predicted octanol–water partition coefficient (Wildman–Crippen LogP) is 4.01. The molecule has 25 heavy (non-hydrogen) atoms. The van der Waals surface area contributed by atoms with E-state index in [9.17, 15) is 8.78 Å². The van der Waals surface area contributed by atoms with Crippen LogP contribution in [0.25, 0.3) is 0 Å². The predicted molar refractivity (Wildman–Crippen MR) is 95.3 cm³/mol. The van der Waals surface area contributed by atoms with Crippen molar-refractivity contribution < 1.29 is 13.5 Å². The van der Waals surface area contributed by atoms with E-state index in [-0.39, 0.29) is 0 Å². The molecule has 1 saturated heterocycles. The molecule has 6 heteroatoms. The third kappa shape index (κ3) is 4.11. The van der Waals surface area contributed by atoms with Crippen LogP contribution in [-0.4, -0.2) is 38.2 Å². The fourth-order valence-electron chi connectivity index (χ4n) is 3.33. The van der Waals surface area contributed by atoms with Crippen LogP contribution in [0.4, 0.5) is 8.78 Å². The lowest BCUT2D eigenvalue weighted by Crippen LogP contribution is -2.33. The molecule has 1 N–H and O–H groups in total. The zero-order valence-electron chi connectivity index (χ0n) is 14.1. The maximum Gasteiger partial charge on any atom is 0.131 e. The summed E-state index contributed by atoms with van der Waals surface area (Å²) in [7, 11) is 1.58. The lowest BCUT2D eigenvalue weighted by atomic mass is 9.95. The van der Waals surface area contributed by atoms with E-state index < -0.39 is 17.7 Å². The van der Waals surface area contributed by atoms with Crippen molar-refractivity contribution in [3.8, 4) is 5.75 Å². The Hall–Kier alpha value is -1.69. The normalized spacial score (nSPS) is 17.1. The molecule has 1 unspecified atom stereocenters. The molecule has 1 aliphatic rings. The second kappa shape index (κ2) is 8.13. The largest absolute Gasteiger partial charge is 0.496 e. The highest BCUT2D eigenvalue weighted by molar-refractivity contribution is 6.30. The minimum atomic E-state index is -0.587. The molecular formula is C19H21ClF2N2O. The van der Waals surface area contributed by atoms with Crippen LogP contribution in [0.5, 0.6) is 5.75 Å². The Morgan fingerprint density at radius 3 is 2.68 bits per heavy atom. The lowest BCUT2D eigenvalue weighted by Gasteiger charge is -2.32. The second-order valence-corrected chi connectivity index (χ2v) is 6.53. The summed E-state index contributed by atoms with van der Waals surface area (Å²) in [5.41, 5.74) is 1.20. The molecule has 2 aromatic rings. The summed E-state index contributed by atoms with van der Waals surface area (Å²) < 4.78 is 33.5. The molecule has 3 rings (SSSR count). The molecule has 3 nitrogen and oxygen atoms in total. The average molecular weight is 367 g/mol. The van der Waals surface area contributed by atoms with Gasteiger partial charge in [-0.2, -0.15) is 0 Å². The molecule has 0 bridgehead atoms. The highest BCUT2D eigenvalue weighted by Crippen LogP contribution is 2.37. The first-order valence-corrected chi connectivity index (χ1v) is 8.71. The van der Waals surface area contributed by atoms with Crippen LogP contribution in [0, 0.1) is 11.6 Å². The van der Waals surface area contributed by atoms with Crippen LogP contribution in [0.2, 0.25) is 5.02 Å². The number of ether oxygens (including phenoxy) is 1. The van der Waals surface area contributed by atoms with E-state index >= 15 is 0 Å². The Bertz CT molecular complexity index is 733. The summed E-state index contributed by atoms with van der Waals surface area (Å²) in [5, 5.41) is 3.90. The van der Waals surface area contributed by atoms with Crippen LogP contribution in [0.3, 0.4) is 0 Å². The summed E-state index contributed by atoms with van der Waals surface area (Å²) in [6.45, 7) is 3.27. The van der Waals surface area contributed by atoms with Crippen molar-refractivity contribution in [2.75, 3.05) is 33.3 Å². The summed E-state index contributed by atoms with van der Waals surface area (Å²) >= 11 is 6.20. The van der Waals surface area contributed by atoms with Gasteiger partial charge < -0.3 is 10.1 Å². The average Bonchev–Trinajstić information content (AvgIpc) is 2.87. The zero-order valence-corrected chi connectivity index (χ0v) is 14.8. The summed E-state index contributed by atoms with van der Waals surface area (Å²) in [4.78, 5) is 2.19. The van der Waals surface area contributed by atoms with E-state index in [0.29, 0.717) is 16.3 Å². The third-order valence-electron chi connectivity index (χ3n) is 4.48. The fourth-order valence-corrected chi connectivity index (χ4v) is 3.51. The number of methoxy groups -OCH3 is 1. The Morgan fingerprint density at radius 2 is 1.92 bits per heavy atom. The molecule has 0 amide bonds. The SMILES string of the molecule is COc1ccc(Cl)cc1C(c1ccc(F)cc1F)N1CCCNCC1. The van der Waals surface area contributed by atoms with Crippen molar-refractivity contribution in [2.45, 2.75) is 12.5 Å². The van der Waals surface area contributed by atoms with Crippen molar-refractivity contribution in [1.29, 1.82) is 0 Å². The van der Waals surface area contributed by atoms with Crippen molar-refractivity contribution in [3.05, 3.63) is 64.2 Å². The first kappa shape index (κ1) is 18.1. The van der Waals surface area contributed by atoms with Gasteiger partial charge in [0.1, 0.15) is 17.4 Å². The van der Waals surface area contributed by atoms with Gasteiger partial charge in [-0.15, -0.1) is 0 Å². The molecular weight excluding hydrogens is 346 g/mol. The Morgan fingerprint density at radius 1 is 1.08 bits per heavy atom. The van der Waals surface area contributed by atoms with Crippen LogP contribution >= 0.6 is 11.6 Å². The Balaban J connectivity index is 2.13. The van der Waals surface area contributed by atoms with E-state index in [4.69, 9.17) is 16.3 Å². The monoisotopic (exact) mass is 366 g/mol. The van der Waals surface area contributed by atoms with Gasteiger partial charge in [-0.05, 0) is 37.2 Å². The van der Waals surface area contributed by atoms with E-state index in [2.05, 4.69) is 10.2 Å². The first-order valence-electron chi connectivity index (χ1n) is 8.33. The highest BCUT2D eigenvalue weighted by Gasteiger charge is 2.28. The standard InChI is InChI=1S/C19H21ClF2N2O/c1-25-18-6-3-13(20)11-16(18)19(24-9-2-7-23-8-10-24)15-5-4-14(21)12-17(15)22/h3-6,11-12,19,23H,2,7-10H2,1H3. The van der Waals surface area contributed by atoms with E-state index in [1.165, 1.54) is 12.1 Å². The number of rotatable bonds is 4. The molecule has 2 aromatic carbocycles. The molecule has 1 heterocycles. The molecule has 134 valence electrons. The maximum atomic E-state index is 14.6. The maximum absolute atomic E-state index is 14.6.